The number of alkyl halides is 3. The van der Waals surface area contributed by atoms with E-state index in [2.05, 4.69) is 0 Å². The van der Waals surface area contributed by atoms with Crippen LogP contribution in [0.15, 0.2) is 24.3 Å². The second-order valence-corrected chi connectivity index (χ2v) is 4.24. The van der Waals surface area contributed by atoms with Gasteiger partial charge in [-0.1, -0.05) is 18.2 Å². The van der Waals surface area contributed by atoms with E-state index in [-0.39, 0.29) is 12.8 Å². The molecule has 5 heteroatoms. The standard InChI is InChI=1S/C12H13F3O2/c1-11(17,5-6-16)8-9-3-2-4-10(7-9)12(13,14)15/h2-4,6-7,17H,5,8H2,1H3. The first-order chi connectivity index (χ1) is 7.74. The highest BCUT2D eigenvalue weighted by Crippen LogP contribution is 2.30. The van der Waals surface area contributed by atoms with Crippen LogP contribution >= 0.6 is 0 Å². The summed E-state index contributed by atoms with van der Waals surface area (Å²) >= 11 is 0. The molecule has 0 aliphatic heterocycles. The molecule has 2 nitrogen and oxygen atoms in total. The zero-order valence-corrected chi connectivity index (χ0v) is 9.29. The molecule has 0 bridgehead atoms. The third kappa shape index (κ3) is 4.19. The van der Waals surface area contributed by atoms with Crippen molar-refractivity contribution in [3.8, 4) is 0 Å². The van der Waals surface area contributed by atoms with Crippen molar-refractivity contribution >= 4 is 6.29 Å². The molecule has 0 radical (unpaired) electrons. The normalized spacial score (nSPS) is 15.4. The summed E-state index contributed by atoms with van der Waals surface area (Å²) in [5.74, 6) is 0. The molecule has 0 aliphatic carbocycles. The number of aliphatic hydroxyl groups is 1. The highest BCUT2D eigenvalue weighted by molar-refractivity contribution is 5.51. The summed E-state index contributed by atoms with van der Waals surface area (Å²) in [6, 6.07) is 4.74. The minimum Gasteiger partial charge on any atom is -0.389 e. The summed E-state index contributed by atoms with van der Waals surface area (Å²) in [4.78, 5) is 10.3. The number of carbonyl (C=O) groups is 1. The molecule has 1 N–H and O–H groups in total. The van der Waals surface area contributed by atoms with E-state index in [1.165, 1.54) is 19.1 Å². The Labute approximate surface area is 97.1 Å². The molecule has 1 atom stereocenters. The Morgan fingerprint density at radius 2 is 2.00 bits per heavy atom. The van der Waals surface area contributed by atoms with Crippen molar-refractivity contribution in [3.05, 3.63) is 35.4 Å². The third-order valence-corrected chi connectivity index (χ3v) is 2.36. The SMILES string of the molecule is CC(O)(CC=O)Cc1cccc(C(F)(F)F)c1. The maximum atomic E-state index is 12.4. The van der Waals surface area contributed by atoms with Gasteiger partial charge in [-0.25, -0.2) is 0 Å². The average molecular weight is 246 g/mol. The van der Waals surface area contributed by atoms with E-state index < -0.39 is 17.3 Å². The molecule has 1 rings (SSSR count). The van der Waals surface area contributed by atoms with Crippen LogP contribution in [0.25, 0.3) is 0 Å². The van der Waals surface area contributed by atoms with Gasteiger partial charge in [0, 0.05) is 12.8 Å². The van der Waals surface area contributed by atoms with Crippen molar-refractivity contribution in [2.45, 2.75) is 31.5 Å². The van der Waals surface area contributed by atoms with Crippen LogP contribution in [0.2, 0.25) is 0 Å². The fraction of sp³-hybridized carbons (Fsp3) is 0.417. The van der Waals surface area contributed by atoms with Gasteiger partial charge in [0.25, 0.3) is 0 Å². The smallest absolute Gasteiger partial charge is 0.389 e. The van der Waals surface area contributed by atoms with Gasteiger partial charge in [0.1, 0.15) is 6.29 Å². The Hall–Kier alpha value is -1.36. The maximum absolute atomic E-state index is 12.4. The third-order valence-electron chi connectivity index (χ3n) is 2.36. The Morgan fingerprint density at radius 1 is 1.35 bits per heavy atom. The number of halogens is 3. The van der Waals surface area contributed by atoms with Crippen LogP contribution in [0.5, 0.6) is 0 Å². The Balaban J connectivity index is 2.90. The largest absolute Gasteiger partial charge is 0.416 e. The summed E-state index contributed by atoms with van der Waals surface area (Å²) in [5.41, 5.74) is -1.71. The van der Waals surface area contributed by atoms with Crippen molar-refractivity contribution in [2.75, 3.05) is 0 Å². The molecule has 0 saturated heterocycles. The van der Waals surface area contributed by atoms with Crippen LogP contribution in [0, 0.1) is 0 Å². The van der Waals surface area contributed by atoms with E-state index >= 15 is 0 Å². The molecule has 0 aliphatic rings. The zero-order valence-electron chi connectivity index (χ0n) is 9.29. The number of hydrogen-bond acceptors (Lipinski definition) is 2. The van der Waals surface area contributed by atoms with E-state index in [0.717, 1.165) is 12.1 Å². The van der Waals surface area contributed by atoms with Gasteiger partial charge in [-0.3, -0.25) is 0 Å². The van der Waals surface area contributed by atoms with Crippen molar-refractivity contribution in [1.82, 2.24) is 0 Å². The van der Waals surface area contributed by atoms with Crippen LogP contribution in [0.1, 0.15) is 24.5 Å². The van der Waals surface area contributed by atoms with E-state index in [4.69, 9.17) is 0 Å². The molecule has 0 amide bonds. The lowest BCUT2D eigenvalue weighted by Crippen LogP contribution is -2.27. The van der Waals surface area contributed by atoms with E-state index in [9.17, 15) is 23.1 Å². The molecule has 17 heavy (non-hydrogen) atoms. The van der Waals surface area contributed by atoms with Gasteiger partial charge < -0.3 is 9.90 Å². The molecule has 0 spiro atoms. The second kappa shape index (κ2) is 4.87. The molecule has 1 aromatic rings. The van der Waals surface area contributed by atoms with Gasteiger partial charge in [-0.05, 0) is 18.6 Å². The first kappa shape index (κ1) is 13.7. The zero-order chi connectivity index (χ0) is 13.1. The number of aldehydes is 1. The molecule has 94 valence electrons. The van der Waals surface area contributed by atoms with E-state index in [0.29, 0.717) is 11.8 Å². The molecule has 1 unspecified atom stereocenters. The summed E-state index contributed by atoms with van der Waals surface area (Å²) in [6.07, 6.45) is -3.95. The first-order valence-corrected chi connectivity index (χ1v) is 5.07. The quantitative estimate of drug-likeness (QED) is 0.829. The van der Waals surface area contributed by atoms with Gasteiger partial charge in [-0.2, -0.15) is 13.2 Å². The van der Waals surface area contributed by atoms with Crippen LogP contribution in [-0.2, 0) is 17.4 Å². The number of carbonyl (C=O) groups excluding carboxylic acids is 1. The number of benzene rings is 1. The van der Waals surface area contributed by atoms with E-state index in [1.807, 2.05) is 0 Å². The molecular weight excluding hydrogens is 233 g/mol. The Kier molecular flexibility index (Phi) is 3.93. The lowest BCUT2D eigenvalue weighted by Gasteiger charge is -2.21. The van der Waals surface area contributed by atoms with Crippen molar-refractivity contribution in [2.24, 2.45) is 0 Å². The van der Waals surface area contributed by atoms with Gasteiger partial charge in [-0.15, -0.1) is 0 Å². The predicted molar refractivity (Wildman–Crippen MR) is 56.5 cm³/mol. The Bertz CT molecular complexity index is 397. The predicted octanol–water partition coefficient (Wildman–Crippen LogP) is 2.59. The fourth-order valence-corrected chi connectivity index (χ4v) is 1.55. The van der Waals surface area contributed by atoms with Crippen LogP contribution in [-0.4, -0.2) is 17.0 Å². The van der Waals surface area contributed by atoms with Crippen molar-refractivity contribution in [1.29, 1.82) is 0 Å². The van der Waals surface area contributed by atoms with Gasteiger partial charge in [0.15, 0.2) is 0 Å². The molecular formula is C12H13F3O2. The minimum atomic E-state index is -4.40. The molecule has 0 aromatic heterocycles. The molecule has 1 aromatic carbocycles. The lowest BCUT2D eigenvalue weighted by atomic mass is 9.93. The first-order valence-electron chi connectivity index (χ1n) is 5.07. The van der Waals surface area contributed by atoms with E-state index in [1.54, 1.807) is 0 Å². The molecule has 0 heterocycles. The van der Waals surface area contributed by atoms with Gasteiger partial charge >= 0.3 is 6.18 Å². The van der Waals surface area contributed by atoms with Crippen molar-refractivity contribution in [3.63, 3.8) is 0 Å². The monoisotopic (exact) mass is 246 g/mol. The lowest BCUT2D eigenvalue weighted by molar-refractivity contribution is -0.137. The van der Waals surface area contributed by atoms with Crippen molar-refractivity contribution < 1.29 is 23.1 Å². The minimum absolute atomic E-state index is 0.00958. The fourth-order valence-electron chi connectivity index (χ4n) is 1.55. The average Bonchev–Trinajstić information content (AvgIpc) is 2.15. The topological polar surface area (TPSA) is 37.3 Å². The van der Waals surface area contributed by atoms with Crippen LogP contribution in [0.3, 0.4) is 0 Å². The summed E-state index contributed by atoms with van der Waals surface area (Å²) in [5, 5.41) is 9.75. The van der Waals surface area contributed by atoms with Crippen LogP contribution in [0.4, 0.5) is 13.2 Å². The van der Waals surface area contributed by atoms with Gasteiger partial charge in [0.2, 0.25) is 0 Å². The summed E-state index contributed by atoms with van der Waals surface area (Å²) in [6.45, 7) is 1.42. The van der Waals surface area contributed by atoms with Crippen LogP contribution < -0.4 is 0 Å². The highest BCUT2D eigenvalue weighted by atomic mass is 19.4. The number of rotatable bonds is 4. The highest BCUT2D eigenvalue weighted by Gasteiger charge is 2.31. The Morgan fingerprint density at radius 3 is 2.53 bits per heavy atom. The van der Waals surface area contributed by atoms with Gasteiger partial charge in [0.05, 0.1) is 11.2 Å². The summed E-state index contributed by atoms with van der Waals surface area (Å²) < 4.78 is 37.3. The maximum Gasteiger partial charge on any atom is 0.416 e. The second-order valence-electron chi connectivity index (χ2n) is 4.24. The molecule has 0 fully saturated rings. The molecule has 0 saturated carbocycles. The number of hydrogen-bond donors (Lipinski definition) is 1. The summed E-state index contributed by atoms with van der Waals surface area (Å²) in [7, 11) is 0.